The van der Waals surface area contributed by atoms with Crippen LogP contribution >= 0.6 is 0 Å². The largest absolute Gasteiger partial charge is 0.445 e. The minimum atomic E-state index is -1.07. The lowest BCUT2D eigenvalue weighted by atomic mass is 9.88. The topological polar surface area (TPSA) is 159 Å². The molecule has 1 heterocycles. The highest BCUT2D eigenvalue weighted by Gasteiger charge is 2.31. The van der Waals surface area contributed by atoms with E-state index >= 15 is 0 Å². The second-order valence-electron chi connectivity index (χ2n) is 11.7. The molecule has 4 atom stereocenters. The Morgan fingerprint density at radius 1 is 0.870 bits per heavy atom. The summed E-state index contributed by atoms with van der Waals surface area (Å²) in [6.45, 7) is 5.77. The SMILES string of the molecule is CCC(=O)CCC(C=O)C(CC(C)C)NC(=O)[C@@H](Cc1c[nH]cn1)NC(=O)[C@H](Cc1ccccc1)NC(=O)OCc1ccccc1. The average Bonchev–Trinajstić information content (AvgIpc) is 3.57. The average molecular weight is 632 g/mol. The molecule has 2 aromatic carbocycles. The number of alkyl carbamates (subject to hydrolysis) is 1. The van der Waals surface area contributed by atoms with Crippen LogP contribution in [0, 0.1) is 11.8 Å². The fourth-order valence-electron chi connectivity index (χ4n) is 5.06. The summed E-state index contributed by atoms with van der Waals surface area (Å²) in [5.41, 5.74) is 2.13. The van der Waals surface area contributed by atoms with Gasteiger partial charge in [0, 0.05) is 43.8 Å². The van der Waals surface area contributed by atoms with E-state index in [0.29, 0.717) is 25.0 Å². The molecule has 0 saturated carbocycles. The highest BCUT2D eigenvalue weighted by atomic mass is 16.5. The van der Waals surface area contributed by atoms with Gasteiger partial charge in [-0.2, -0.15) is 0 Å². The minimum Gasteiger partial charge on any atom is -0.445 e. The Morgan fingerprint density at radius 2 is 1.50 bits per heavy atom. The summed E-state index contributed by atoms with van der Waals surface area (Å²) in [7, 11) is 0. The second-order valence-corrected chi connectivity index (χ2v) is 11.7. The number of rotatable bonds is 19. The summed E-state index contributed by atoms with van der Waals surface area (Å²) < 4.78 is 5.38. The van der Waals surface area contributed by atoms with Crippen molar-refractivity contribution in [3.8, 4) is 0 Å². The maximum Gasteiger partial charge on any atom is 0.408 e. The molecule has 46 heavy (non-hydrogen) atoms. The minimum absolute atomic E-state index is 0.0233. The number of benzene rings is 2. The number of aromatic nitrogens is 2. The first-order valence-electron chi connectivity index (χ1n) is 15.7. The zero-order valence-electron chi connectivity index (χ0n) is 26.7. The van der Waals surface area contributed by atoms with Gasteiger partial charge in [-0.25, -0.2) is 9.78 Å². The van der Waals surface area contributed by atoms with Gasteiger partial charge in [-0.05, 0) is 29.9 Å². The van der Waals surface area contributed by atoms with Crippen LogP contribution in [0.3, 0.4) is 0 Å². The van der Waals surface area contributed by atoms with Crippen molar-refractivity contribution in [1.29, 1.82) is 0 Å². The van der Waals surface area contributed by atoms with E-state index in [1.54, 1.807) is 13.1 Å². The van der Waals surface area contributed by atoms with Gasteiger partial charge in [0.1, 0.15) is 30.8 Å². The van der Waals surface area contributed by atoms with E-state index in [0.717, 1.165) is 17.4 Å². The first-order chi connectivity index (χ1) is 22.2. The molecular weight excluding hydrogens is 586 g/mol. The lowest BCUT2D eigenvalue weighted by Gasteiger charge is -2.29. The van der Waals surface area contributed by atoms with E-state index in [-0.39, 0.29) is 37.6 Å². The zero-order chi connectivity index (χ0) is 33.3. The molecule has 11 nitrogen and oxygen atoms in total. The number of carbonyl (C=O) groups is 5. The standard InChI is InChI=1S/C35H45N5O6/c1-4-29(42)16-15-27(21-41)30(17-24(2)3)38-34(44)32(19-28-20-36-23-37-28)39-33(43)31(18-25-11-7-5-8-12-25)40-35(45)46-22-26-13-9-6-10-14-26/h5-14,20-21,23-24,27,30-32H,4,15-19,22H2,1-3H3,(H,36,37)(H,38,44)(H,39,43)(H,40,45)/t27?,30?,31-,32+/m0/s1. The monoisotopic (exact) mass is 631 g/mol. The number of amides is 3. The van der Waals surface area contributed by atoms with Gasteiger partial charge in [-0.3, -0.25) is 14.4 Å². The maximum absolute atomic E-state index is 13.8. The van der Waals surface area contributed by atoms with Crippen molar-refractivity contribution >= 4 is 30.0 Å². The highest BCUT2D eigenvalue weighted by Crippen LogP contribution is 2.18. The Hall–Kier alpha value is -4.80. The Bertz CT molecular complexity index is 1380. The van der Waals surface area contributed by atoms with Crippen molar-refractivity contribution in [2.45, 2.75) is 84.0 Å². The van der Waals surface area contributed by atoms with Gasteiger partial charge in [-0.15, -0.1) is 0 Å². The summed E-state index contributed by atoms with van der Waals surface area (Å²) in [5, 5.41) is 8.45. The molecule has 0 radical (unpaired) electrons. The van der Waals surface area contributed by atoms with Gasteiger partial charge in [0.2, 0.25) is 11.8 Å². The van der Waals surface area contributed by atoms with Crippen LogP contribution in [-0.2, 0) is 43.4 Å². The van der Waals surface area contributed by atoms with Gasteiger partial charge in [-0.1, -0.05) is 81.4 Å². The van der Waals surface area contributed by atoms with Crippen LogP contribution in [0.5, 0.6) is 0 Å². The quantitative estimate of drug-likeness (QED) is 0.145. The van der Waals surface area contributed by atoms with E-state index in [9.17, 15) is 24.0 Å². The van der Waals surface area contributed by atoms with Gasteiger partial charge >= 0.3 is 6.09 Å². The van der Waals surface area contributed by atoms with E-state index in [4.69, 9.17) is 4.74 Å². The number of aromatic amines is 1. The summed E-state index contributed by atoms with van der Waals surface area (Å²) in [5.74, 6) is -1.46. The number of ether oxygens (including phenoxy) is 1. The van der Waals surface area contributed by atoms with Crippen molar-refractivity contribution < 1.29 is 28.7 Å². The molecular formula is C35H45N5O6. The molecule has 1 aromatic heterocycles. The number of hydrogen-bond acceptors (Lipinski definition) is 7. The predicted octanol–water partition coefficient (Wildman–Crippen LogP) is 4.08. The molecule has 2 unspecified atom stereocenters. The van der Waals surface area contributed by atoms with Gasteiger partial charge in [0.25, 0.3) is 0 Å². The summed E-state index contributed by atoms with van der Waals surface area (Å²) >= 11 is 0. The first-order valence-corrected chi connectivity index (χ1v) is 15.7. The number of ketones is 1. The van der Waals surface area contributed by atoms with E-state index in [1.807, 2.05) is 74.5 Å². The van der Waals surface area contributed by atoms with Crippen molar-refractivity contribution in [3.05, 3.63) is 90.0 Å². The van der Waals surface area contributed by atoms with Crippen LogP contribution in [0.4, 0.5) is 4.79 Å². The maximum atomic E-state index is 13.8. The molecule has 3 amide bonds. The lowest BCUT2D eigenvalue weighted by Crippen LogP contribution is -2.57. The molecule has 0 spiro atoms. The molecule has 11 heteroatoms. The highest BCUT2D eigenvalue weighted by molar-refractivity contribution is 5.92. The number of nitrogens with zero attached hydrogens (tertiary/aromatic N) is 1. The Kier molecular flexibility index (Phi) is 14.6. The van der Waals surface area contributed by atoms with E-state index in [2.05, 4.69) is 25.9 Å². The van der Waals surface area contributed by atoms with Crippen molar-refractivity contribution in [1.82, 2.24) is 25.9 Å². The summed E-state index contributed by atoms with van der Waals surface area (Å²) in [6, 6.07) is 15.7. The number of hydrogen-bond donors (Lipinski definition) is 4. The summed E-state index contributed by atoms with van der Waals surface area (Å²) in [4.78, 5) is 71.6. The van der Waals surface area contributed by atoms with Crippen molar-refractivity contribution in [3.63, 3.8) is 0 Å². The third kappa shape index (κ3) is 12.3. The third-order valence-corrected chi connectivity index (χ3v) is 7.60. The zero-order valence-corrected chi connectivity index (χ0v) is 26.7. The van der Waals surface area contributed by atoms with E-state index in [1.165, 1.54) is 6.33 Å². The second kappa shape index (κ2) is 18.9. The van der Waals surface area contributed by atoms with Crippen LogP contribution in [0.25, 0.3) is 0 Å². The van der Waals surface area contributed by atoms with Gasteiger partial charge < -0.3 is 30.5 Å². The van der Waals surface area contributed by atoms with E-state index < -0.39 is 42.0 Å². The normalized spacial score (nSPS) is 13.6. The molecule has 0 saturated heterocycles. The van der Waals surface area contributed by atoms with Crippen LogP contribution < -0.4 is 16.0 Å². The molecule has 0 aliphatic rings. The molecule has 3 rings (SSSR count). The van der Waals surface area contributed by atoms with Crippen LogP contribution in [0.2, 0.25) is 0 Å². The number of H-pyrrole nitrogens is 1. The van der Waals surface area contributed by atoms with Crippen molar-refractivity contribution in [2.24, 2.45) is 11.8 Å². The van der Waals surface area contributed by atoms with Crippen LogP contribution in [-0.4, -0.2) is 58.1 Å². The van der Waals surface area contributed by atoms with Crippen molar-refractivity contribution in [2.75, 3.05) is 0 Å². The van der Waals surface area contributed by atoms with Crippen LogP contribution in [0.15, 0.2) is 73.2 Å². The molecule has 0 fully saturated rings. The van der Waals surface area contributed by atoms with Crippen LogP contribution in [0.1, 0.15) is 63.3 Å². The molecule has 0 aliphatic carbocycles. The van der Waals surface area contributed by atoms with Gasteiger partial charge in [0.15, 0.2) is 0 Å². The molecule has 246 valence electrons. The number of nitrogens with one attached hydrogen (secondary N) is 4. The molecule has 0 aliphatic heterocycles. The Balaban J connectivity index is 1.80. The molecule has 0 bridgehead atoms. The first kappa shape index (κ1) is 35.7. The number of imidazole rings is 1. The lowest BCUT2D eigenvalue weighted by molar-refractivity contribution is -0.131. The fraction of sp³-hybridized carbons (Fsp3) is 0.429. The number of Topliss-reactive ketones (excluding diaryl/α,β-unsaturated/α-hetero) is 1. The Labute approximate surface area is 270 Å². The predicted molar refractivity (Wildman–Crippen MR) is 173 cm³/mol. The molecule has 3 aromatic rings. The van der Waals surface area contributed by atoms with Gasteiger partial charge in [0.05, 0.1) is 12.0 Å². The number of aldehydes is 1. The summed E-state index contributed by atoms with van der Waals surface area (Å²) in [6.07, 6.45) is 4.77. The fourth-order valence-corrected chi connectivity index (χ4v) is 5.06. The smallest absolute Gasteiger partial charge is 0.408 e. The number of carbonyl (C=O) groups excluding carboxylic acids is 5. The third-order valence-electron chi connectivity index (χ3n) is 7.60. The molecule has 4 N–H and O–H groups in total. The Morgan fingerprint density at radius 3 is 2.09 bits per heavy atom.